The molecule has 0 radical (unpaired) electrons. The van der Waals surface area contributed by atoms with Crippen LogP contribution in [0.4, 0.5) is 0 Å². The summed E-state index contributed by atoms with van der Waals surface area (Å²) in [5.41, 5.74) is 6.02. The van der Waals surface area contributed by atoms with Gasteiger partial charge in [-0.25, -0.2) is 0 Å². The number of fused-ring (bicyclic) bond motifs is 1. The maximum Gasteiger partial charge on any atom is 0.0605 e. The number of aromatic nitrogens is 1. The lowest BCUT2D eigenvalue weighted by Gasteiger charge is -2.13. The standard InChI is InChI=1S/C25H22N2/c1-27(19-24-11-5-10-23-16-17-26-25(23)24)18-6-7-20-12-14-22(15-13-20)21-8-3-2-4-9-21/h2-5,8-17,26H,18-19H2,1H3. The van der Waals surface area contributed by atoms with E-state index in [0.29, 0.717) is 0 Å². The molecule has 0 atom stereocenters. The molecule has 132 valence electrons. The van der Waals surface area contributed by atoms with Gasteiger partial charge in [0, 0.05) is 23.8 Å². The molecule has 2 nitrogen and oxygen atoms in total. The minimum Gasteiger partial charge on any atom is -0.361 e. The summed E-state index contributed by atoms with van der Waals surface area (Å²) in [5, 5.41) is 1.26. The van der Waals surface area contributed by atoms with Crippen LogP contribution >= 0.6 is 0 Å². The molecule has 0 amide bonds. The molecule has 2 heteroatoms. The molecule has 4 rings (SSSR count). The molecule has 3 aromatic carbocycles. The fraction of sp³-hybridized carbons (Fsp3) is 0.120. The van der Waals surface area contributed by atoms with Gasteiger partial charge >= 0.3 is 0 Å². The number of benzene rings is 3. The Labute approximate surface area is 160 Å². The first-order valence-corrected chi connectivity index (χ1v) is 9.17. The molecule has 0 spiro atoms. The van der Waals surface area contributed by atoms with Crippen LogP contribution in [0, 0.1) is 11.8 Å². The van der Waals surface area contributed by atoms with Gasteiger partial charge in [-0.05, 0) is 47.3 Å². The van der Waals surface area contributed by atoms with E-state index in [2.05, 4.69) is 102 Å². The third kappa shape index (κ3) is 4.11. The van der Waals surface area contributed by atoms with Crippen molar-refractivity contribution in [3.05, 3.63) is 96.2 Å². The Hall–Kier alpha value is -3.28. The van der Waals surface area contributed by atoms with Gasteiger partial charge in [0.15, 0.2) is 0 Å². The summed E-state index contributed by atoms with van der Waals surface area (Å²) in [5.74, 6) is 6.56. The molecule has 0 bridgehead atoms. The zero-order valence-corrected chi connectivity index (χ0v) is 15.4. The van der Waals surface area contributed by atoms with E-state index in [-0.39, 0.29) is 0 Å². The second-order valence-electron chi connectivity index (χ2n) is 6.78. The highest BCUT2D eigenvalue weighted by atomic mass is 15.1. The van der Waals surface area contributed by atoms with Gasteiger partial charge in [-0.1, -0.05) is 72.5 Å². The van der Waals surface area contributed by atoms with Crippen LogP contribution in [-0.4, -0.2) is 23.5 Å². The Morgan fingerprint density at radius 1 is 0.815 bits per heavy atom. The fourth-order valence-corrected chi connectivity index (χ4v) is 3.28. The van der Waals surface area contributed by atoms with Crippen molar-refractivity contribution in [2.24, 2.45) is 0 Å². The van der Waals surface area contributed by atoms with Crippen LogP contribution in [0.2, 0.25) is 0 Å². The molecule has 1 heterocycles. The van der Waals surface area contributed by atoms with Crippen LogP contribution in [0.5, 0.6) is 0 Å². The van der Waals surface area contributed by atoms with Crippen LogP contribution < -0.4 is 0 Å². The van der Waals surface area contributed by atoms with Gasteiger partial charge in [0.2, 0.25) is 0 Å². The highest BCUT2D eigenvalue weighted by Gasteiger charge is 2.04. The Morgan fingerprint density at radius 3 is 2.41 bits per heavy atom. The van der Waals surface area contributed by atoms with Crippen molar-refractivity contribution in [3.8, 4) is 23.0 Å². The SMILES string of the molecule is CN(CC#Cc1ccc(-c2ccccc2)cc1)Cc1cccc2cc[nH]c12. The molecule has 27 heavy (non-hydrogen) atoms. The number of hydrogen-bond acceptors (Lipinski definition) is 1. The van der Waals surface area contributed by atoms with Gasteiger partial charge in [-0.2, -0.15) is 0 Å². The van der Waals surface area contributed by atoms with E-state index >= 15 is 0 Å². The van der Waals surface area contributed by atoms with Gasteiger partial charge in [-0.3, -0.25) is 4.90 Å². The smallest absolute Gasteiger partial charge is 0.0605 e. The first kappa shape index (κ1) is 17.1. The van der Waals surface area contributed by atoms with Crippen LogP contribution in [0.15, 0.2) is 85.1 Å². The minimum absolute atomic E-state index is 0.734. The fourth-order valence-electron chi connectivity index (χ4n) is 3.28. The lowest BCUT2D eigenvalue weighted by molar-refractivity contribution is 0.370. The largest absolute Gasteiger partial charge is 0.361 e. The first-order chi connectivity index (χ1) is 13.3. The van der Waals surface area contributed by atoms with Crippen molar-refractivity contribution in [2.75, 3.05) is 13.6 Å². The summed E-state index contributed by atoms with van der Waals surface area (Å²) < 4.78 is 0. The predicted molar refractivity (Wildman–Crippen MR) is 113 cm³/mol. The maximum absolute atomic E-state index is 3.33. The van der Waals surface area contributed by atoms with E-state index in [9.17, 15) is 0 Å². The summed E-state index contributed by atoms with van der Waals surface area (Å²) in [7, 11) is 2.11. The van der Waals surface area contributed by atoms with Crippen molar-refractivity contribution in [3.63, 3.8) is 0 Å². The Kier molecular flexibility index (Phi) is 5.05. The molecular formula is C25H22N2. The van der Waals surface area contributed by atoms with Crippen molar-refractivity contribution in [1.82, 2.24) is 9.88 Å². The van der Waals surface area contributed by atoms with Gasteiger partial charge in [0.25, 0.3) is 0 Å². The number of nitrogens with zero attached hydrogens (tertiary/aromatic N) is 1. The molecule has 0 aliphatic rings. The van der Waals surface area contributed by atoms with E-state index in [1.54, 1.807) is 0 Å². The van der Waals surface area contributed by atoms with E-state index in [1.807, 2.05) is 12.3 Å². The number of aromatic amines is 1. The molecule has 0 unspecified atom stereocenters. The Morgan fingerprint density at radius 2 is 1.59 bits per heavy atom. The zero-order valence-electron chi connectivity index (χ0n) is 15.4. The number of H-pyrrole nitrogens is 1. The molecule has 4 aromatic rings. The Bertz CT molecular complexity index is 1080. The second kappa shape index (κ2) is 7.95. The molecule has 1 aromatic heterocycles. The normalized spacial score (nSPS) is 10.7. The van der Waals surface area contributed by atoms with Crippen molar-refractivity contribution in [2.45, 2.75) is 6.54 Å². The molecular weight excluding hydrogens is 328 g/mol. The zero-order chi connectivity index (χ0) is 18.5. The van der Waals surface area contributed by atoms with E-state index in [4.69, 9.17) is 0 Å². The van der Waals surface area contributed by atoms with Gasteiger partial charge in [-0.15, -0.1) is 0 Å². The van der Waals surface area contributed by atoms with E-state index in [0.717, 1.165) is 18.7 Å². The maximum atomic E-state index is 3.33. The topological polar surface area (TPSA) is 19.0 Å². The highest BCUT2D eigenvalue weighted by Crippen LogP contribution is 2.19. The molecule has 0 aliphatic heterocycles. The summed E-state index contributed by atoms with van der Waals surface area (Å²) in [6.07, 6.45) is 1.99. The number of hydrogen-bond donors (Lipinski definition) is 1. The highest BCUT2D eigenvalue weighted by molar-refractivity contribution is 5.82. The molecule has 0 saturated carbocycles. The van der Waals surface area contributed by atoms with Crippen LogP contribution in [0.1, 0.15) is 11.1 Å². The van der Waals surface area contributed by atoms with Crippen LogP contribution in [-0.2, 0) is 6.54 Å². The van der Waals surface area contributed by atoms with Crippen molar-refractivity contribution >= 4 is 10.9 Å². The number of para-hydroxylation sites is 1. The van der Waals surface area contributed by atoms with E-state index < -0.39 is 0 Å². The summed E-state index contributed by atoms with van der Waals surface area (Å²) in [4.78, 5) is 5.57. The number of nitrogens with one attached hydrogen (secondary N) is 1. The minimum atomic E-state index is 0.734. The summed E-state index contributed by atoms with van der Waals surface area (Å²) >= 11 is 0. The van der Waals surface area contributed by atoms with Crippen molar-refractivity contribution in [1.29, 1.82) is 0 Å². The van der Waals surface area contributed by atoms with Gasteiger partial charge in [0.05, 0.1) is 6.54 Å². The Balaban J connectivity index is 1.39. The second-order valence-corrected chi connectivity index (χ2v) is 6.78. The summed E-state index contributed by atoms with van der Waals surface area (Å²) in [6, 6.07) is 27.4. The van der Waals surface area contributed by atoms with Crippen LogP contribution in [0.3, 0.4) is 0 Å². The quantitative estimate of drug-likeness (QED) is 0.494. The molecule has 1 N–H and O–H groups in total. The molecule has 0 aliphatic carbocycles. The number of rotatable bonds is 4. The third-order valence-electron chi connectivity index (χ3n) is 4.69. The van der Waals surface area contributed by atoms with Gasteiger partial charge < -0.3 is 4.98 Å². The van der Waals surface area contributed by atoms with E-state index in [1.165, 1.54) is 27.6 Å². The third-order valence-corrected chi connectivity index (χ3v) is 4.69. The lowest BCUT2D eigenvalue weighted by atomic mass is 10.0. The average Bonchev–Trinajstić information content (AvgIpc) is 3.19. The predicted octanol–water partition coefficient (Wildman–Crippen LogP) is 5.32. The lowest BCUT2D eigenvalue weighted by Crippen LogP contribution is -2.18. The summed E-state index contributed by atoms with van der Waals surface area (Å²) in [6.45, 7) is 1.61. The van der Waals surface area contributed by atoms with Gasteiger partial charge in [0.1, 0.15) is 0 Å². The first-order valence-electron chi connectivity index (χ1n) is 9.17. The van der Waals surface area contributed by atoms with Crippen LogP contribution in [0.25, 0.3) is 22.0 Å². The molecule has 0 saturated heterocycles. The van der Waals surface area contributed by atoms with Crippen molar-refractivity contribution < 1.29 is 0 Å². The monoisotopic (exact) mass is 350 g/mol. The average molecular weight is 350 g/mol. The molecule has 0 fully saturated rings.